The van der Waals surface area contributed by atoms with Gasteiger partial charge in [-0.2, -0.15) is 0 Å². The fourth-order valence-electron chi connectivity index (χ4n) is 1.50. The summed E-state index contributed by atoms with van der Waals surface area (Å²) in [5.74, 6) is -0.325. The molecule has 80 valence electrons. The number of rotatable bonds is 4. The van der Waals surface area contributed by atoms with Crippen molar-refractivity contribution in [2.75, 3.05) is 13.2 Å². The molecule has 1 atom stereocenters. The smallest absolute Gasteiger partial charge is 0.322 e. The van der Waals surface area contributed by atoms with E-state index in [0.29, 0.717) is 13.0 Å². The van der Waals surface area contributed by atoms with Crippen LogP contribution in [0.3, 0.4) is 0 Å². The van der Waals surface area contributed by atoms with Gasteiger partial charge in [-0.05, 0) is 13.3 Å². The van der Waals surface area contributed by atoms with Gasteiger partial charge in [0.05, 0.1) is 6.61 Å². The monoisotopic (exact) mass is 200 g/mol. The van der Waals surface area contributed by atoms with E-state index >= 15 is 0 Å². The maximum Gasteiger partial charge on any atom is 0.322 e. The molecule has 1 amide bonds. The van der Waals surface area contributed by atoms with Crippen LogP contribution in [0.2, 0.25) is 0 Å². The van der Waals surface area contributed by atoms with Gasteiger partial charge in [-0.3, -0.25) is 15.0 Å². The zero-order valence-electron chi connectivity index (χ0n) is 8.58. The van der Waals surface area contributed by atoms with Crippen molar-refractivity contribution in [2.45, 2.75) is 32.7 Å². The Bertz CT molecular complexity index is 230. The van der Waals surface area contributed by atoms with Crippen LogP contribution in [0.5, 0.6) is 0 Å². The minimum atomic E-state index is -0.298. The molecule has 0 saturated carbocycles. The van der Waals surface area contributed by atoms with Crippen molar-refractivity contribution in [1.29, 1.82) is 0 Å². The van der Waals surface area contributed by atoms with Crippen LogP contribution in [-0.4, -0.2) is 36.1 Å². The number of esters is 1. The quantitative estimate of drug-likeness (QED) is 0.652. The van der Waals surface area contributed by atoms with Gasteiger partial charge in [0.1, 0.15) is 6.54 Å². The third kappa shape index (κ3) is 2.70. The molecule has 1 rings (SSSR count). The maximum absolute atomic E-state index is 11.2. The molecule has 0 aromatic carbocycles. The molecule has 0 aliphatic carbocycles. The van der Waals surface area contributed by atoms with Crippen LogP contribution in [0.1, 0.15) is 26.7 Å². The first-order valence-corrected chi connectivity index (χ1v) is 4.89. The van der Waals surface area contributed by atoms with Gasteiger partial charge in [-0.25, -0.2) is 5.01 Å². The van der Waals surface area contributed by atoms with Gasteiger partial charge in [0.15, 0.2) is 0 Å². The minimum Gasteiger partial charge on any atom is -0.465 e. The summed E-state index contributed by atoms with van der Waals surface area (Å²) in [5, 5.41) is 1.65. The lowest BCUT2D eigenvalue weighted by molar-refractivity contribution is -0.145. The number of carbonyl (C=O) groups is 2. The average Bonchev–Trinajstić information content (AvgIpc) is 2.46. The lowest BCUT2D eigenvalue weighted by atomic mass is 10.2. The highest BCUT2D eigenvalue weighted by molar-refractivity contribution is 5.79. The Labute approximate surface area is 83.4 Å². The van der Waals surface area contributed by atoms with Crippen LogP contribution < -0.4 is 5.43 Å². The van der Waals surface area contributed by atoms with Gasteiger partial charge in [0.2, 0.25) is 5.91 Å². The molecule has 1 heterocycles. The van der Waals surface area contributed by atoms with E-state index in [-0.39, 0.29) is 24.5 Å². The number of hydrogen-bond acceptors (Lipinski definition) is 4. The van der Waals surface area contributed by atoms with Gasteiger partial charge < -0.3 is 4.74 Å². The third-order valence-corrected chi connectivity index (χ3v) is 2.21. The Kier molecular flexibility index (Phi) is 3.88. The molecule has 1 aliphatic rings. The van der Waals surface area contributed by atoms with Gasteiger partial charge in [0, 0.05) is 12.5 Å². The van der Waals surface area contributed by atoms with E-state index < -0.39 is 0 Å². The topological polar surface area (TPSA) is 58.6 Å². The first-order valence-electron chi connectivity index (χ1n) is 4.89. The highest BCUT2D eigenvalue weighted by atomic mass is 16.5. The number of nitrogens with one attached hydrogen (secondary N) is 1. The molecule has 0 aromatic rings. The van der Waals surface area contributed by atoms with Crippen LogP contribution >= 0.6 is 0 Å². The number of nitrogens with zero attached hydrogens (tertiary/aromatic N) is 1. The highest BCUT2D eigenvalue weighted by Crippen LogP contribution is 2.12. The van der Waals surface area contributed by atoms with Crippen LogP contribution in [0.15, 0.2) is 0 Å². The Balaban J connectivity index is 2.43. The zero-order chi connectivity index (χ0) is 10.6. The Morgan fingerprint density at radius 1 is 1.64 bits per heavy atom. The van der Waals surface area contributed by atoms with Gasteiger partial charge >= 0.3 is 5.97 Å². The summed E-state index contributed by atoms with van der Waals surface area (Å²) >= 11 is 0. The van der Waals surface area contributed by atoms with Crippen LogP contribution in [-0.2, 0) is 14.3 Å². The number of carbonyl (C=O) groups excluding carboxylic acids is 2. The fourth-order valence-corrected chi connectivity index (χ4v) is 1.50. The lowest BCUT2D eigenvalue weighted by Crippen LogP contribution is -2.42. The molecule has 1 unspecified atom stereocenters. The molecule has 14 heavy (non-hydrogen) atoms. The van der Waals surface area contributed by atoms with E-state index in [9.17, 15) is 9.59 Å². The van der Waals surface area contributed by atoms with Gasteiger partial charge in [-0.15, -0.1) is 0 Å². The van der Waals surface area contributed by atoms with Crippen LogP contribution in [0, 0.1) is 0 Å². The van der Waals surface area contributed by atoms with E-state index in [2.05, 4.69) is 5.43 Å². The van der Waals surface area contributed by atoms with Gasteiger partial charge in [0.25, 0.3) is 0 Å². The predicted octanol–water partition coefficient (Wildman–Crippen LogP) is 0.0650. The van der Waals surface area contributed by atoms with E-state index in [1.807, 2.05) is 6.92 Å². The SMILES string of the molecule is CCOC(=O)CN1NC(=O)CC1CC. The molecule has 1 N–H and O–H groups in total. The summed E-state index contributed by atoms with van der Waals surface area (Å²) in [6.07, 6.45) is 1.31. The van der Waals surface area contributed by atoms with Crippen molar-refractivity contribution in [2.24, 2.45) is 0 Å². The number of ether oxygens (including phenoxy) is 1. The second kappa shape index (κ2) is 4.95. The van der Waals surface area contributed by atoms with E-state index in [1.165, 1.54) is 0 Å². The molecule has 1 fully saturated rings. The fraction of sp³-hybridized carbons (Fsp3) is 0.778. The van der Waals surface area contributed by atoms with E-state index in [0.717, 1.165) is 6.42 Å². The Morgan fingerprint density at radius 3 is 2.93 bits per heavy atom. The maximum atomic E-state index is 11.2. The second-order valence-corrected chi connectivity index (χ2v) is 3.23. The minimum absolute atomic E-state index is 0.0267. The molecule has 1 aliphatic heterocycles. The summed E-state index contributed by atoms with van der Waals surface area (Å²) in [7, 11) is 0. The van der Waals surface area contributed by atoms with Crippen molar-refractivity contribution >= 4 is 11.9 Å². The van der Waals surface area contributed by atoms with Crippen LogP contribution in [0.25, 0.3) is 0 Å². The first kappa shape index (κ1) is 11.0. The highest BCUT2D eigenvalue weighted by Gasteiger charge is 2.30. The molecule has 0 aromatic heterocycles. The molecule has 0 spiro atoms. The average molecular weight is 200 g/mol. The lowest BCUT2D eigenvalue weighted by Gasteiger charge is -2.20. The number of amides is 1. The van der Waals surface area contributed by atoms with Crippen molar-refractivity contribution in [1.82, 2.24) is 10.4 Å². The molecule has 0 radical (unpaired) electrons. The number of hydrogen-bond donors (Lipinski definition) is 1. The molecule has 1 saturated heterocycles. The predicted molar refractivity (Wildman–Crippen MR) is 50.2 cm³/mol. The van der Waals surface area contributed by atoms with Crippen molar-refractivity contribution in [3.05, 3.63) is 0 Å². The number of hydrazine groups is 1. The second-order valence-electron chi connectivity index (χ2n) is 3.23. The summed E-state index contributed by atoms with van der Waals surface area (Å²) in [4.78, 5) is 22.2. The van der Waals surface area contributed by atoms with Crippen molar-refractivity contribution in [3.8, 4) is 0 Å². The normalized spacial score (nSPS) is 22.1. The van der Waals surface area contributed by atoms with Crippen LogP contribution in [0.4, 0.5) is 0 Å². The third-order valence-electron chi connectivity index (χ3n) is 2.21. The first-order chi connectivity index (χ1) is 6.67. The Hall–Kier alpha value is -1.10. The summed E-state index contributed by atoms with van der Waals surface area (Å²) in [6, 6.07) is 0.118. The zero-order valence-corrected chi connectivity index (χ0v) is 8.58. The van der Waals surface area contributed by atoms with E-state index in [4.69, 9.17) is 4.74 Å². The van der Waals surface area contributed by atoms with Crippen molar-refractivity contribution < 1.29 is 14.3 Å². The molecule has 5 heteroatoms. The van der Waals surface area contributed by atoms with Gasteiger partial charge in [-0.1, -0.05) is 6.92 Å². The largest absolute Gasteiger partial charge is 0.465 e. The molecule has 0 bridgehead atoms. The summed E-state index contributed by atoms with van der Waals surface area (Å²) in [6.45, 7) is 4.26. The summed E-state index contributed by atoms with van der Waals surface area (Å²) in [5.41, 5.74) is 2.64. The molecule has 5 nitrogen and oxygen atoms in total. The molecular weight excluding hydrogens is 184 g/mol. The Morgan fingerprint density at radius 2 is 2.36 bits per heavy atom. The van der Waals surface area contributed by atoms with Crippen molar-refractivity contribution in [3.63, 3.8) is 0 Å². The molecular formula is C9H16N2O3. The van der Waals surface area contributed by atoms with E-state index in [1.54, 1.807) is 11.9 Å². The summed E-state index contributed by atoms with van der Waals surface area (Å²) < 4.78 is 4.80. The standard InChI is InChI=1S/C9H16N2O3/c1-3-7-5-8(12)10-11(7)6-9(13)14-4-2/h7H,3-6H2,1-2H3,(H,10,12).